The van der Waals surface area contributed by atoms with Crippen molar-refractivity contribution >= 4 is 5.91 Å². The molecule has 24 heavy (non-hydrogen) atoms. The third kappa shape index (κ3) is 4.38. The van der Waals surface area contributed by atoms with Gasteiger partial charge >= 0.3 is 0 Å². The fourth-order valence-electron chi connectivity index (χ4n) is 3.79. The largest absolute Gasteiger partial charge is 0.353 e. The zero-order chi connectivity index (χ0) is 17.1. The second kappa shape index (κ2) is 7.68. The molecule has 0 aromatic carbocycles. The Bertz CT molecular complexity index is 568. The minimum absolute atomic E-state index is 0.262. The van der Waals surface area contributed by atoms with E-state index in [2.05, 4.69) is 40.8 Å². The Morgan fingerprint density at radius 2 is 1.92 bits per heavy atom. The quantitative estimate of drug-likeness (QED) is 0.835. The van der Waals surface area contributed by atoms with Crippen molar-refractivity contribution in [1.82, 2.24) is 20.0 Å². The lowest BCUT2D eigenvalue weighted by atomic mass is 9.91. The monoisotopic (exact) mass is 332 g/mol. The Labute approximate surface area is 145 Å². The fourth-order valence-corrected chi connectivity index (χ4v) is 3.79. The molecule has 0 bridgehead atoms. The average molecular weight is 332 g/mol. The minimum Gasteiger partial charge on any atom is -0.353 e. The number of nitrogens with zero attached hydrogens (tertiary/aromatic N) is 3. The molecule has 1 aliphatic heterocycles. The molecule has 134 valence electrons. The molecule has 1 aromatic heterocycles. The van der Waals surface area contributed by atoms with E-state index in [0.29, 0.717) is 18.4 Å². The van der Waals surface area contributed by atoms with E-state index in [1.54, 1.807) is 0 Å². The number of amides is 1. The number of hydrogen-bond acceptors (Lipinski definition) is 3. The van der Waals surface area contributed by atoms with Crippen LogP contribution in [-0.4, -0.2) is 39.7 Å². The normalized spacial score (nSPS) is 19.6. The number of nitrogens with one attached hydrogen (secondary N) is 1. The van der Waals surface area contributed by atoms with Crippen molar-refractivity contribution in [1.29, 1.82) is 0 Å². The number of hydrogen-bond donors (Lipinski definition) is 1. The number of carbonyl (C=O) groups excluding carboxylic acids is 1. The molecule has 1 N–H and O–H groups in total. The standard InChI is InChI=1S/C19H32N4O/c1-4-23-15(3)18(14(2)21-23)13-22-11-9-16(10-12-22)5-8-19(24)20-17-6-7-17/h16-17H,4-13H2,1-3H3,(H,20,24). The van der Waals surface area contributed by atoms with Crippen molar-refractivity contribution in [2.75, 3.05) is 13.1 Å². The zero-order valence-corrected chi connectivity index (χ0v) is 15.5. The molecular weight excluding hydrogens is 300 g/mol. The molecule has 1 amide bonds. The summed E-state index contributed by atoms with van der Waals surface area (Å²) in [6.45, 7) is 10.7. The third-order valence-electron chi connectivity index (χ3n) is 5.64. The molecule has 1 aliphatic carbocycles. The highest BCUT2D eigenvalue weighted by molar-refractivity contribution is 5.76. The lowest BCUT2D eigenvalue weighted by molar-refractivity contribution is -0.121. The molecule has 0 radical (unpaired) electrons. The van der Waals surface area contributed by atoms with E-state index in [1.165, 1.54) is 42.6 Å². The van der Waals surface area contributed by atoms with Crippen LogP contribution in [-0.2, 0) is 17.9 Å². The Morgan fingerprint density at radius 1 is 1.21 bits per heavy atom. The predicted molar refractivity (Wildman–Crippen MR) is 95.8 cm³/mol. The molecule has 1 aromatic rings. The second-order valence-corrected chi connectivity index (χ2v) is 7.57. The van der Waals surface area contributed by atoms with E-state index in [4.69, 9.17) is 0 Å². The maximum Gasteiger partial charge on any atom is 0.220 e. The summed E-state index contributed by atoms with van der Waals surface area (Å²) in [7, 11) is 0. The molecule has 2 heterocycles. The molecule has 5 nitrogen and oxygen atoms in total. The van der Waals surface area contributed by atoms with Gasteiger partial charge in [-0.25, -0.2) is 0 Å². The van der Waals surface area contributed by atoms with Crippen LogP contribution in [0.4, 0.5) is 0 Å². The lowest BCUT2D eigenvalue weighted by Gasteiger charge is -2.32. The number of likely N-dealkylation sites (tertiary alicyclic amines) is 1. The van der Waals surface area contributed by atoms with E-state index < -0.39 is 0 Å². The zero-order valence-electron chi connectivity index (χ0n) is 15.5. The first-order valence-corrected chi connectivity index (χ1v) is 9.61. The average Bonchev–Trinajstić information content (AvgIpc) is 3.35. The third-order valence-corrected chi connectivity index (χ3v) is 5.64. The van der Waals surface area contributed by atoms with Crippen molar-refractivity contribution in [2.24, 2.45) is 5.92 Å². The predicted octanol–water partition coefficient (Wildman–Crippen LogP) is 2.79. The van der Waals surface area contributed by atoms with Crippen LogP contribution < -0.4 is 5.32 Å². The fraction of sp³-hybridized carbons (Fsp3) is 0.789. The number of rotatable bonds is 7. The first kappa shape index (κ1) is 17.5. The Morgan fingerprint density at radius 3 is 2.50 bits per heavy atom. The van der Waals surface area contributed by atoms with Crippen molar-refractivity contribution in [3.05, 3.63) is 17.0 Å². The highest BCUT2D eigenvalue weighted by Gasteiger charge is 2.25. The summed E-state index contributed by atoms with van der Waals surface area (Å²) < 4.78 is 2.11. The van der Waals surface area contributed by atoms with Crippen LogP contribution in [0.3, 0.4) is 0 Å². The van der Waals surface area contributed by atoms with Gasteiger partial charge in [-0.15, -0.1) is 0 Å². The van der Waals surface area contributed by atoms with E-state index in [1.807, 2.05) is 0 Å². The smallest absolute Gasteiger partial charge is 0.220 e. The van der Waals surface area contributed by atoms with Crippen LogP contribution in [0.15, 0.2) is 0 Å². The highest BCUT2D eigenvalue weighted by atomic mass is 16.1. The van der Waals surface area contributed by atoms with Crippen LogP contribution >= 0.6 is 0 Å². The van der Waals surface area contributed by atoms with Crippen molar-refractivity contribution in [3.63, 3.8) is 0 Å². The Kier molecular flexibility index (Phi) is 5.59. The Balaban J connectivity index is 1.42. The molecule has 5 heteroatoms. The van der Waals surface area contributed by atoms with Crippen molar-refractivity contribution in [3.8, 4) is 0 Å². The SMILES string of the molecule is CCn1nc(C)c(CN2CCC(CCC(=O)NC3CC3)CC2)c1C. The van der Waals surface area contributed by atoms with Crippen LogP contribution in [0, 0.1) is 19.8 Å². The molecule has 1 saturated carbocycles. The molecule has 0 spiro atoms. The van der Waals surface area contributed by atoms with E-state index in [0.717, 1.165) is 32.6 Å². The first-order valence-electron chi connectivity index (χ1n) is 9.61. The molecule has 3 rings (SSSR count). The maximum absolute atomic E-state index is 11.8. The summed E-state index contributed by atoms with van der Waals surface area (Å²) >= 11 is 0. The summed E-state index contributed by atoms with van der Waals surface area (Å²) in [4.78, 5) is 14.4. The summed E-state index contributed by atoms with van der Waals surface area (Å²) in [5.41, 5.74) is 3.89. The lowest BCUT2D eigenvalue weighted by Crippen LogP contribution is -2.34. The molecular formula is C19H32N4O. The second-order valence-electron chi connectivity index (χ2n) is 7.57. The minimum atomic E-state index is 0.262. The van der Waals surface area contributed by atoms with Crippen LogP contribution in [0.1, 0.15) is 62.4 Å². The molecule has 2 aliphatic rings. The Hall–Kier alpha value is -1.36. The molecule has 0 unspecified atom stereocenters. The number of carbonyl (C=O) groups is 1. The molecule has 0 atom stereocenters. The summed E-state index contributed by atoms with van der Waals surface area (Å²) in [5.74, 6) is 0.977. The topological polar surface area (TPSA) is 50.2 Å². The summed E-state index contributed by atoms with van der Waals surface area (Å²) in [6.07, 6.45) is 6.56. The van der Waals surface area contributed by atoms with Gasteiger partial charge in [-0.1, -0.05) is 0 Å². The van der Waals surface area contributed by atoms with Crippen LogP contribution in [0.5, 0.6) is 0 Å². The van der Waals surface area contributed by atoms with Gasteiger partial charge in [0, 0.05) is 36.8 Å². The van der Waals surface area contributed by atoms with Crippen LogP contribution in [0.2, 0.25) is 0 Å². The van der Waals surface area contributed by atoms with Gasteiger partial charge in [0.05, 0.1) is 5.69 Å². The van der Waals surface area contributed by atoms with Crippen LogP contribution in [0.25, 0.3) is 0 Å². The van der Waals surface area contributed by atoms with Gasteiger partial charge in [0.25, 0.3) is 0 Å². The van der Waals surface area contributed by atoms with E-state index in [9.17, 15) is 4.79 Å². The van der Waals surface area contributed by atoms with Crippen molar-refractivity contribution in [2.45, 2.75) is 78.4 Å². The molecule has 1 saturated heterocycles. The van der Waals surface area contributed by atoms with Gasteiger partial charge in [-0.3, -0.25) is 14.4 Å². The molecule has 2 fully saturated rings. The van der Waals surface area contributed by atoms with Gasteiger partial charge in [0.2, 0.25) is 5.91 Å². The summed E-state index contributed by atoms with van der Waals surface area (Å²) in [5, 5.41) is 7.73. The van der Waals surface area contributed by atoms with Gasteiger partial charge in [0.15, 0.2) is 0 Å². The van der Waals surface area contributed by atoms with Gasteiger partial charge in [-0.05, 0) is 71.9 Å². The van der Waals surface area contributed by atoms with Gasteiger partial charge in [-0.2, -0.15) is 5.10 Å². The number of piperidine rings is 1. The maximum atomic E-state index is 11.8. The highest BCUT2D eigenvalue weighted by Crippen LogP contribution is 2.25. The van der Waals surface area contributed by atoms with E-state index >= 15 is 0 Å². The van der Waals surface area contributed by atoms with Gasteiger partial charge < -0.3 is 5.32 Å². The number of aromatic nitrogens is 2. The van der Waals surface area contributed by atoms with Crippen molar-refractivity contribution < 1.29 is 4.79 Å². The number of aryl methyl sites for hydroxylation is 2. The first-order chi connectivity index (χ1) is 11.6. The summed E-state index contributed by atoms with van der Waals surface area (Å²) in [6, 6.07) is 0.495. The van der Waals surface area contributed by atoms with E-state index in [-0.39, 0.29) is 5.91 Å². The van der Waals surface area contributed by atoms with Gasteiger partial charge in [0.1, 0.15) is 0 Å².